The third kappa shape index (κ3) is 8.08. The van der Waals surface area contributed by atoms with E-state index in [2.05, 4.69) is 5.32 Å². The van der Waals surface area contributed by atoms with Gasteiger partial charge in [-0.2, -0.15) is 0 Å². The van der Waals surface area contributed by atoms with E-state index in [9.17, 15) is 22.4 Å². The molecule has 0 saturated heterocycles. The minimum absolute atomic E-state index is 0.00877. The van der Waals surface area contributed by atoms with Gasteiger partial charge in [-0.3, -0.25) is 13.9 Å². The van der Waals surface area contributed by atoms with Crippen molar-refractivity contribution in [3.05, 3.63) is 63.9 Å². The molecule has 2 amide bonds. The van der Waals surface area contributed by atoms with Crippen molar-refractivity contribution in [2.24, 2.45) is 0 Å². The van der Waals surface area contributed by atoms with Crippen LogP contribution in [0.2, 0.25) is 10.0 Å². The van der Waals surface area contributed by atoms with Crippen molar-refractivity contribution >= 4 is 50.7 Å². The van der Waals surface area contributed by atoms with Gasteiger partial charge in [-0.15, -0.1) is 0 Å². The summed E-state index contributed by atoms with van der Waals surface area (Å²) in [4.78, 5) is 27.5. The van der Waals surface area contributed by atoms with Gasteiger partial charge < -0.3 is 10.2 Å². The summed E-state index contributed by atoms with van der Waals surface area (Å²) in [6, 6.07) is 9.33. The SMILES string of the molecule is CCNC(=O)[C@H](CC)N(Cc1c(Cl)cccc1Cl)C(=O)CCCN(c1ccc(F)cc1)S(C)(=O)=O. The molecule has 1 atom stereocenters. The fraction of sp³-hybridized carbons (Fsp3) is 0.417. The third-order valence-corrected chi connectivity index (χ3v) is 7.30. The van der Waals surface area contributed by atoms with Crippen LogP contribution in [0.1, 0.15) is 38.7 Å². The molecule has 0 unspecified atom stereocenters. The molecule has 0 aliphatic rings. The Morgan fingerprint density at radius 3 is 2.17 bits per heavy atom. The van der Waals surface area contributed by atoms with Crippen molar-refractivity contribution in [3.63, 3.8) is 0 Å². The Kier molecular flexibility index (Phi) is 10.8. The molecule has 0 bridgehead atoms. The minimum Gasteiger partial charge on any atom is -0.355 e. The van der Waals surface area contributed by atoms with Crippen molar-refractivity contribution in [3.8, 4) is 0 Å². The van der Waals surface area contributed by atoms with E-state index in [1.807, 2.05) is 0 Å². The predicted molar refractivity (Wildman–Crippen MR) is 138 cm³/mol. The van der Waals surface area contributed by atoms with Crippen molar-refractivity contribution in [1.82, 2.24) is 10.2 Å². The van der Waals surface area contributed by atoms with Gasteiger partial charge in [0.05, 0.1) is 11.9 Å². The van der Waals surface area contributed by atoms with Crippen molar-refractivity contribution in [2.75, 3.05) is 23.7 Å². The number of anilines is 1. The number of likely N-dealkylation sites (N-methyl/N-ethyl adjacent to an activating group) is 1. The van der Waals surface area contributed by atoms with E-state index in [-0.39, 0.29) is 37.7 Å². The molecular formula is C24H30Cl2FN3O4S. The summed E-state index contributed by atoms with van der Waals surface area (Å²) in [5.41, 5.74) is 0.825. The monoisotopic (exact) mass is 545 g/mol. The average molecular weight is 546 g/mol. The summed E-state index contributed by atoms with van der Waals surface area (Å²) < 4.78 is 39.0. The Labute approximate surface area is 216 Å². The molecule has 2 aromatic rings. The Balaban J connectivity index is 2.25. The Hall–Kier alpha value is -2.36. The Morgan fingerprint density at radius 1 is 1.06 bits per heavy atom. The maximum absolute atomic E-state index is 13.3. The van der Waals surface area contributed by atoms with Gasteiger partial charge in [0.25, 0.3) is 0 Å². The highest BCUT2D eigenvalue weighted by atomic mass is 35.5. The zero-order valence-corrected chi connectivity index (χ0v) is 22.3. The van der Waals surface area contributed by atoms with Gasteiger partial charge in [-0.05, 0) is 56.2 Å². The number of rotatable bonds is 12. The molecule has 1 N–H and O–H groups in total. The molecule has 0 heterocycles. The van der Waals surface area contributed by atoms with Crippen LogP contribution in [-0.4, -0.2) is 50.5 Å². The zero-order valence-electron chi connectivity index (χ0n) is 19.9. The van der Waals surface area contributed by atoms with Crippen molar-refractivity contribution in [2.45, 2.75) is 45.7 Å². The maximum atomic E-state index is 13.3. The van der Waals surface area contributed by atoms with Crippen molar-refractivity contribution in [1.29, 1.82) is 0 Å². The molecule has 0 aliphatic heterocycles. The van der Waals surface area contributed by atoms with Crippen LogP contribution in [0.3, 0.4) is 0 Å². The first kappa shape index (κ1) is 28.9. The lowest BCUT2D eigenvalue weighted by Gasteiger charge is -2.31. The maximum Gasteiger partial charge on any atom is 0.242 e. The number of nitrogens with one attached hydrogen (secondary N) is 1. The van der Waals surface area contributed by atoms with E-state index in [1.54, 1.807) is 32.0 Å². The van der Waals surface area contributed by atoms with E-state index < -0.39 is 21.9 Å². The van der Waals surface area contributed by atoms with Crippen LogP contribution >= 0.6 is 23.2 Å². The van der Waals surface area contributed by atoms with Crippen LogP contribution in [0.4, 0.5) is 10.1 Å². The van der Waals surface area contributed by atoms with Crippen LogP contribution in [0.25, 0.3) is 0 Å². The minimum atomic E-state index is -3.66. The number of hydrogen-bond acceptors (Lipinski definition) is 4. The highest BCUT2D eigenvalue weighted by Gasteiger charge is 2.29. The molecule has 192 valence electrons. The van der Waals surface area contributed by atoms with Crippen LogP contribution < -0.4 is 9.62 Å². The summed E-state index contributed by atoms with van der Waals surface area (Å²) in [5.74, 6) is -1.12. The van der Waals surface area contributed by atoms with E-state index in [0.29, 0.717) is 34.3 Å². The van der Waals surface area contributed by atoms with Crippen LogP contribution in [0, 0.1) is 5.82 Å². The quantitative estimate of drug-likeness (QED) is 0.421. The first-order valence-corrected chi connectivity index (χ1v) is 13.8. The highest BCUT2D eigenvalue weighted by Crippen LogP contribution is 2.27. The fourth-order valence-electron chi connectivity index (χ4n) is 3.68. The van der Waals surface area contributed by atoms with Gasteiger partial charge in [0, 0.05) is 41.7 Å². The summed E-state index contributed by atoms with van der Waals surface area (Å²) >= 11 is 12.6. The molecule has 0 fully saturated rings. The lowest BCUT2D eigenvalue weighted by molar-refractivity contribution is -0.141. The van der Waals surface area contributed by atoms with Gasteiger partial charge >= 0.3 is 0 Å². The largest absolute Gasteiger partial charge is 0.355 e. The van der Waals surface area contributed by atoms with Gasteiger partial charge in [-0.1, -0.05) is 36.2 Å². The second kappa shape index (κ2) is 13.1. The molecule has 35 heavy (non-hydrogen) atoms. The highest BCUT2D eigenvalue weighted by molar-refractivity contribution is 7.92. The third-order valence-electron chi connectivity index (χ3n) is 5.39. The Bertz CT molecular complexity index is 1110. The summed E-state index contributed by atoms with van der Waals surface area (Å²) in [6.07, 6.45) is 1.57. The van der Waals surface area contributed by atoms with E-state index >= 15 is 0 Å². The first-order chi connectivity index (χ1) is 16.5. The molecule has 7 nitrogen and oxygen atoms in total. The standard InChI is InChI=1S/C24H30Cl2FN3O4S/c1-4-22(24(32)28-5-2)29(16-19-20(25)8-6-9-21(19)26)23(31)10-7-15-30(35(3,33)34)18-13-11-17(27)12-14-18/h6,8-9,11-14,22H,4-5,7,10,15-16H2,1-3H3,(H,28,32)/t22-/m0/s1. The molecule has 0 saturated carbocycles. The number of hydrogen-bond donors (Lipinski definition) is 1. The molecular weight excluding hydrogens is 516 g/mol. The lowest BCUT2D eigenvalue weighted by atomic mass is 10.1. The number of sulfonamides is 1. The first-order valence-electron chi connectivity index (χ1n) is 11.2. The van der Waals surface area contributed by atoms with Gasteiger partial charge in [0.2, 0.25) is 21.8 Å². The number of carbonyl (C=O) groups excluding carboxylic acids is 2. The van der Waals surface area contributed by atoms with E-state index in [1.165, 1.54) is 29.2 Å². The van der Waals surface area contributed by atoms with Gasteiger partial charge in [-0.25, -0.2) is 12.8 Å². The second-order valence-corrected chi connectivity index (χ2v) is 10.7. The van der Waals surface area contributed by atoms with Crippen LogP contribution in [-0.2, 0) is 26.2 Å². The number of carbonyl (C=O) groups is 2. The lowest BCUT2D eigenvalue weighted by Crippen LogP contribution is -2.49. The molecule has 2 rings (SSSR count). The van der Waals surface area contributed by atoms with Crippen LogP contribution in [0.5, 0.6) is 0 Å². The molecule has 2 aromatic carbocycles. The molecule has 0 aliphatic carbocycles. The molecule has 0 radical (unpaired) electrons. The topological polar surface area (TPSA) is 86.8 Å². The predicted octanol–water partition coefficient (Wildman–Crippen LogP) is 4.62. The number of halogens is 3. The van der Waals surface area contributed by atoms with Crippen molar-refractivity contribution < 1.29 is 22.4 Å². The molecule has 11 heteroatoms. The second-order valence-electron chi connectivity index (χ2n) is 7.96. The van der Waals surface area contributed by atoms with E-state index in [4.69, 9.17) is 23.2 Å². The molecule has 0 spiro atoms. The van der Waals surface area contributed by atoms with Crippen LogP contribution in [0.15, 0.2) is 42.5 Å². The normalized spacial score (nSPS) is 12.2. The average Bonchev–Trinajstić information content (AvgIpc) is 2.78. The molecule has 0 aromatic heterocycles. The summed E-state index contributed by atoms with van der Waals surface area (Å²) in [6.45, 7) is 4.03. The number of amides is 2. The summed E-state index contributed by atoms with van der Waals surface area (Å²) in [5, 5.41) is 3.50. The number of nitrogens with zero attached hydrogens (tertiary/aromatic N) is 2. The van der Waals surface area contributed by atoms with Gasteiger partial charge in [0.1, 0.15) is 11.9 Å². The number of benzene rings is 2. The Morgan fingerprint density at radius 2 is 1.66 bits per heavy atom. The van der Waals surface area contributed by atoms with Gasteiger partial charge in [0.15, 0.2) is 0 Å². The summed E-state index contributed by atoms with van der Waals surface area (Å²) in [7, 11) is -3.66. The smallest absolute Gasteiger partial charge is 0.242 e. The zero-order chi connectivity index (χ0) is 26.2. The van der Waals surface area contributed by atoms with E-state index in [0.717, 1.165) is 10.6 Å². The fourth-order valence-corrected chi connectivity index (χ4v) is 5.16.